The van der Waals surface area contributed by atoms with Crippen LogP contribution in [0.25, 0.3) is 0 Å². The molecule has 0 fully saturated rings. The van der Waals surface area contributed by atoms with E-state index in [0.717, 1.165) is 24.1 Å². The highest BCUT2D eigenvalue weighted by Gasteiger charge is 1.93. The maximum atomic E-state index is 5.70. The minimum atomic E-state index is 0.531. The van der Waals surface area contributed by atoms with Gasteiger partial charge in [-0.3, -0.25) is 0 Å². The molecule has 0 unspecified atom stereocenters. The van der Waals surface area contributed by atoms with E-state index in [1.165, 1.54) is 0 Å². The fourth-order valence-electron chi connectivity index (χ4n) is 0.973. The van der Waals surface area contributed by atoms with Gasteiger partial charge in [-0.25, -0.2) is 4.99 Å². The zero-order valence-corrected chi connectivity index (χ0v) is 9.93. The minimum absolute atomic E-state index is 0.531. The van der Waals surface area contributed by atoms with Gasteiger partial charge in [0.2, 0.25) is 0 Å². The summed E-state index contributed by atoms with van der Waals surface area (Å²) in [5.41, 5.74) is 1.93. The number of hydrogen-bond acceptors (Lipinski definition) is 1. The van der Waals surface area contributed by atoms with Gasteiger partial charge in [-0.1, -0.05) is 43.7 Å². The van der Waals surface area contributed by atoms with Crippen LogP contribution in [0.5, 0.6) is 0 Å². The first-order valence-electron chi connectivity index (χ1n) is 4.82. The Morgan fingerprint density at radius 1 is 1.43 bits per heavy atom. The van der Waals surface area contributed by atoms with Crippen LogP contribution in [0.3, 0.4) is 0 Å². The number of allylic oxidation sites excluding steroid dienone is 4. The average Bonchev–Trinajstić information content (AvgIpc) is 2.14. The van der Waals surface area contributed by atoms with Crippen LogP contribution >= 0.6 is 11.6 Å². The zero-order valence-electron chi connectivity index (χ0n) is 9.18. The molecule has 0 N–H and O–H groups in total. The third kappa shape index (κ3) is 5.76. The molecule has 0 bridgehead atoms. The van der Waals surface area contributed by atoms with Gasteiger partial charge in [0.1, 0.15) is 5.17 Å². The van der Waals surface area contributed by atoms with Gasteiger partial charge in [0, 0.05) is 0 Å². The largest absolute Gasteiger partial charge is 0.241 e. The molecule has 0 aromatic carbocycles. The predicted octanol–water partition coefficient (Wildman–Crippen LogP) is 4.46. The molecule has 0 aliphatic heterocycles. The molecule has 2 heteroatoms. The first-order valence-corrected chi connectivity index (χ1v) is 5.20. The highest BCUT2D eigenvalue weighted by Crippen LogP contribution is 2.10. The molecule has 0 atom stereocenters. The smallest absolute Gasteiger partial charge is 0.103 e. The monoisotopic (exact) mass is 211 g/mol. The number of aliphatic imine (C=N–C) groups is 1. The van der Waals surface area contributed by atoms with E-state index in [1.54, 1.807) is 13.0 Å². The molecule has 0 aliphatic carbocycles. The molecule has 0 aliphatic rings. The van der Waals surface area contributed by atoms with Crippen LogP contribution in [0.15, 0.2) is 41.1 Å². The van der Waals surface area contributed by atoms with Gasteiger partial charge in [-0.2, -0.15) is 0 Å². The van der Waals surface area contributed by atoms with E-state index in [2.05, 4.69) is 30.6 Å². The van der Waals surface area contributed by atoms with Gasteiger partial charge in [0.05, 0.1) is 5.70 Å². The lowest BCUT2D eigenvalue weighted by atomic mass is 10.2. The molecule has 78 valence electrons. The molecule has 0 radical (unpaired) electrons. The summed E-state index contributed by atoms with van der Waals surface area (Å²) >= 11 is 5.70. The van der Waals surface area contributed by atoms with E-state index in [4.69, 9.17) is 11.6 Å². The first kappa shape index (κ1) is 13.2. The molecule has 0 heterocycles. The topological polar surface area (TPSA) is 12.4 Å². The van der Waals surface area contributed by atoms with E-state index in [9.17, 15) is 0 Å². The van der Waals surface area contributed by atoms with Crippen molar-refractivity contribution in [2.75, 3.05) is 0 Å². The maximum absolute atomic E-state index is 5.70. The SMILES string of the molecule is C=C/C(N=C(C)Cl)=C(C)\C=C/CCC. The Bertz CT molecular complexity index is 268. The van der Waals surface area contributed by atoms with E-state index in [0.29, 0.717) is 5.17 Å². The molecule has 0 saturated carbocycles. The first-order chi connectivity index (χ1) is 6.61. The third-order valence-electron chi connectivity index (χ3n) is 1.70. The molecule has 14 heavy (non-hydrogen) atoms. The molecule has 1 nitrogen and oxygen atoms in total. The van der Waals surface area contributed by atoms with Crippen molar-refractivity contribution in [3.63, 3.8) is 0 Å². The Hall–Kier alpha value is -0.820. The van der Waals surface area contributed by atoms with Crippen LogP contribution in [0.2, 0.25) is 0 Å². The van der Waals surface area contributed by atoms with E-state index in [1.807, 2.05) is 6.92 Å². The quantitative estimate of drug-likeness (QED) is 0.470. The van der Waals surface area contributed by atoms with Gasteiger partial charge < -0.3 is 0 Å². The van der Waals surface area contributed by atoms with E-state index in [-0.39, 0.29) is 0 Å². The predicted molar refractivity (Wildman–Crippen MR) is 65.9 cm³/mol. The summed E-state index contributed by atoms with van der Waals surface area (Å²) in [6, 6.07) is 0. The van der Waals surface area contributed by atoms with Gasteiger partial charge in [-0.05, 0) is 31.9 Å². The fourth-order valence-corrected chi connectivity index (χ4v) is 1.06. The molecule has 0 aromatic rings. The van der Waals surface area contributed by atoms with E-state index >= 15 is 0 Å². The van der Waals surface area contributed by atoms with Crippen molar-refractivity contribution in [1.82, 2.24) is 0 Å². The van der Waals surface area contributed by atoms with E-state index < -0.39 is 0 Å². The van der Waals surface area contributed by atoms with Crippen LogP contribution in [0, 0.1) is 0 Å². The number of unbranched alkanes of at least 4 members (excludes halogenated alkanes) is 1. The molecule has 0 saturated heterocycles. The van der Waals surface area contributed by atoms with Crippen molar-refractivity contribution >= 4 is 16.8 Å². The molecular formula is C12H18ClN. The highest BCUT2D eigenvalue weighted by atomic mass is 35.5. The van der Waals surface area contributed by atoms with Crippen LogP contribution in [-0.4, -0.2) is 5.17 Å². The highest BCUT2D eigenvalue weighted by molar-refractivity contribution is 6.64. The molecule has 0 aromatic heterocycles. The third-order valence-corrected chi connectivity index (χ3v) is 1.78. The summed E-state index contributed by atoms with van der Waals surface area (Å²) in [6.07, 6.45) is 8.16. The second kappa shape index (κ2) is 7.57. The Kier molecular flexibility index (Phi) is 7.13. The number of nitrogens with zero attached hydrogens (tertiary/aromatic N) is 1. The van der Waals surface area contributed by atoms with Crippen molar-refractivity contribution in [2.24, 2.45) is 4.99 Å². The second-order valence-corrected chi connectivity index (χ2v) is 3.62. The summed E-state index contributed by atoms with van der Waals surface area (Å²) < 4.78 is 0. The summed E-state index contributed by atoms with van der Waals surface area (Å²) in [5, 5.41) is 0.531. The summed E-state index contributed by atoms with van der Waals surface area (Å²) in [4.78, 5) is 4.17. The van der Waals surface area contributed by atoms with Crippen molar-refractivity contribution in [2.45, 2.75) is 33.6 Å². The maximum Gasteiger partial charge on any atom is 0.103 e. The minimum Gasteiger partial charge on any atom is -0.241 e. The van der Waals surface area contributed by atoms with Gasteiger partial charge >= 0.3 is 0 Å². The van der Waals surface area contributed by atoms with Crippen molar-refractivity contribution in [3.05, 3.63) is 36.1 Å². The lowest BCUT2D eigenvalue weighted by Crippen LogP contribution is -1.83. The van der Waals surface area contributed by atoms with Crippen LogP contribution in [-0.2, 0) is 0 Å². The fraction of sp³-hybridized carbons (Fsp3) is 0.417. The standard InChI is InChI=1S/C12H18ClN/c1-5-7-8-9-10(3)12(6-2)14-11(4)13/h6,8-9H,2,5,7H2,1,3-4H3/b9-8-,12-10+,14-11?. The normalized spacial score (nSPS) is 14.4. The number of rotatable bonds is 5. The molecular weight excluding hydrogens is 194 g/mol. The Balaban J connectivity index is 4.67. The lowest BCUT2D eigenvalue weighted by Gasteiger charge is -1.98. The van der Waals surface area contributed by atoms with Gasteiger partial charge in [0.15, 0.2) is 0 Å². The number of hydrogen-bond donors (Lipinski definition) is 0. The number of halogens is 1. The summed E-state index contributed by atoms with van der Waals surface area (Å²) in [6.45, 7) is 9.62. The average molecular weight is 212 g/mol. The van der Waals surface area contributed by atoms with Crippen LogP contribution in [0.1, 0.15) is 33.6 Å². The van der Waals surface area contributed by atoms with Crippen molar-refractivity contribution < 1.29 is 0 Å². The van der Waals surface area contributed by atoms with Gasteiger partial charge in [-0.15, -0.1) is 0 Å². The van der Waals surface area contributed by atoms with Crippen molar-refractivity contribution in [3.8, 4) is 0 Å². The summed E-state index contributed by atoms with van der Waals surface area (Å²) in [5.74, 6) is 0. The molecule has 0 amide bonds. The van der Waals surface area contributed by atoms with Crippen LogP contribution in [0.4, 0.5) is 0 Å². The Morgan fingerprint density at radius 2 is 2.07 bits per heavy atom. The Labute approximate surface area is 91.9 Å². The van der Waals surface area contributed by atoms with Gasteiger partial charge in [0.25, 0.3) is 0 Å². The zero-order chi connectivity index (χ0) is 11.0. The van der Waals surface area contributed by atoms with Crippen molar-refractivity contribution in [1.29, 1.82) is 0 Å². The molecule has 0 spiro atoms. The lowest BCUT2D eigenvalue weighted by molar-refractivity contribution is 0.957. The summed E-state index contributed by atoms with van der Waals surface area (Å²) in [7, 11) is 0. The van der Waals surface area contributed by atoms with Crippen LogP contribution < -0.4 is 0 Å². The Morgan fingerprint density at radius 3 is 2.50 bits per heavy atom. The second-order valence-electron chi connectivity index (χ2n) is 3.07. The molecule has 0 rings (SSSR count).